The van der Waals surface area contributed by atoms with Crippen LogP contribution in [-0.4, -0.2) is 0 Å². The Kier molecular flexibility index (Phi) is 11.6. The largest absolute Gasteiger partial charge is 0.203 e. The standard InChI is InChI=1S/C22H30F2.2C2H6/c1-3-4-16-6-8-17(9-7-16)18-10-12-19(13-11-18)20-14-5-15(2)21(23)22(20)24;2*1-2/h5,12,14,16-18H,3-4,6-11,13H2,1-2H3;2*1-2H3. The molecule has 1 fully saturated rings. The molecule has 0 aliphatic heterocycles. The molecule has 28 heavy (non-hydrogen) atoms. The molecule has 0 radical (unpaired) electrons. The van der Waals surface area contributed by atoms with Crippen LogP contribution in [0.4, 0.5) is 8.78 Å². The molecule has 0 amide bonds. The van der Waals surface area contributed by atoms with E-state index < -0.39 is 11.6 Å². The molecule has 1 aromatic carbocycles. The lowest BCUT2D eigenvalue weighted by Gasteiger charge is -2.35. The van der Waals surface area contributed by atoms with E-state index in [0.717, 1.165) is 42.6 Å². The maximum absolute atomic E-state index is 14.2. The smallest absolute Gasteiger partial charge is 0.166 e. The van der Waals surface area contributed by atoms with Gasteiger partial charge in [-0.15, -0.1) is 0 Å². The molecule has 1 atom stereocenters. The van der Waals surface area contributed by atoms with Crippen molar-refractivity contribution in [3.63, 3.8) is 0 Å². The first-order valence-electron chi connectivity index (χ1n) is 11.7. The maximum Gasteiger partial charge on any atom is 0.166 e. The van der Waals surface area contributed by atoms with Crippen molar-refractivity contribution in [1.29, 1.82) is 0 Å². The van der Waals surface area contributed by atoms with Crippen LogP contribution in [0.3, 0.4) is 0 Å². The van der Waals surface area contributed by atoms with E-state index >= 15 is 0 Å². The van der Waals surface area contributed by atoms with Crippen LogP contribution in [0.1, 0.15) is 104 Å². The molecule has 160 valence electrons. The van der Waals surface area contributed by atoms with Gasteiger partial charge >= 0.3 is 0 Å². The highest BCUT2D eigenvalue weighted by atomic mass is 19.2. The summed E-state index contributed by atoms with van der Waals surface area (Å²) in [6.45, 7) is 11.9. The van der Waals surface area contributed by atoms with Gasteiger partial charge in [0.05, 0.1) is 0 Å². The van der Waals surface area contributed by atoms with Crippen LogP contribution >= 0.6 is 0 Å². The Labute approximate surface area is 172 Å². The molecule has 3 rings (SSSR count). The third-order valence-electron chi connectivity index (χ3n) is 6.33. The molecule has 0 heterocycles. The van der Waals surface area contributed by atoms with Crippen molar-refractivity contribution in [2.75, 3.05) is 0 Å². The SMILES string of the molecule is CC.CC.CCCC1CCC(C2CC=C(c3ccc(C)c(F)c3F)CC2)CC1. The molecule has 1 unspecified atom stereocenters. The first kappa shape index (κ1) is 24.9. The number of aryl methyl sites for hydroxylation is 1. The zero-order chi connectivity index (χ0) is 21.1. The van der Waals surface area contributed by atoms with Gasteiger partial charge in [-0.3, -0.25) is 0 Å². The van der Waals surface area contributed by atoms with Crippen LogP contribution in [0, 0.1) is 36.3 Å². The number of benzene rings is 1. The van der Waals surface area contributed by atoms with Crippen LogP contribution in [0.5, 0.6) is 0 Å². The molecule has 2 aliphatic carbocycles. The minimum atomic E-state index is -0.690. The van der Waals surface area contributed by atoms with E-state index in [1.807, 2.05) is 27.7 Å². The summed E-state index contributed by atoms with van der Waals surface area (Å²) in [4.78, 5) is 0. The lowest BCUT2D eigenvalue weighted by molar-refractivity contribution is 0.189. The lowest BCUT2D eigenvalue weighted by Crippen LogP contribution is -2.23. The highest BCUT2D eigenvalue weighted by Gasteiger charge is 2.29. The predicted octanol–water partition coefficient (Wildman–Crippen LogP) is 9.12. The molecular weight excluding hydrogens is 350 g/mol. The Balaban J connectivity index is 0.000000921. The quantitative estimate of drug-likeness (QED) is 0.479. The average Bonchev–Trinajstić information content (AvgIpc) is 2.76. The van der Waals surface area contributed by atoms with Crippen LogP contribution in [-0.2, 0) is 0 Å². The summed E-state index contributed by atoms with van der Waals surface area (Å²) in [5, 5.41) is 0. The van der Waals surface area contributed by atoms with Crippen LogP contribution < -0.4 is 0 Å². The van der Waals surface area contributed by atoms with E-state index in [9.17, 15) is 8.78 Å². The first-order chi connectivity index (χ1) is 13.6. The first-order valence-corrected chi connectivity index (χ1v) is 11.7. The molecule has 1 saturated carbocycles. The molecule has 2 heteroatoms. The normalized spacial score (nSPS) is 24.3. The van der Waals surface area contributed by atoms with Crippen molar-refractivity contribution in [3.05, 3.63) is 41.0 Å². The minimum absolute atomic E-state index is 0.384. The van der Waals surface area contributed by atoms with Crippen molar-refractivity contribution in [1.82, 2.24) is 0 Å². The van der Waals surface area contributed by atoms with E-state index in [0.29, 0.717) is 11.1 Å². The Morgan fingerprint density at radius 1 is 0.857 bits per heavy atom. The molecule has 0 aromatic heterocycles. The molecule has 0 bridgehead atoms. The van der Waals surface area contributed by atoms with E-state index in [-0.39, 0.29) is 0 Å². The Bertz CT molecular complexity index is 595. The molecule has 2 aliphatic rings. The van der Waals surface area contributed by atoms with E-state index in [1.165, 1.54) is 38.5 Å². The summed E-state index contributed by atoms with van der Waals surface area (Å²) in [5.41, 5.74) is 1.86. The number of hydrogen-bond donors (Lipinski definition) is 0. The molecule has 1 aromatic rings. The number of rotatable bonds is 4. The Hall–Kier alpha value is -1.18. The minimum Gasteiger partial charge on any atom is -0.203 e. The summed E-state index contributed by atoms with van der Waals surface area (Å²) in [6, 6.07) is 3.44. The summed E-state index contributed by atoms with van der Waals surface area (Å²) in [5.74, 6) is 1.18. The molecule has 0 nitrogen and oxygen atoms in total. The van der Waals surface area contributed by atoms with Gasteiger partial charge in [0.25, 0.3) is 0 Å². The molecular formula is C26H42F2. The Morgan fingerprint density at radius 2 is 1.50 bits per heavy atom. The van der Waals surface area contributed by atoms with Gasteiger partial charge in [0.1, 0.15) is 0 Å². The van der Waals surface area contributed by atoms with Crippen molar-refractivity contribution in [3.8, 4) is 0 Å². The Morgan fingerprint density at radius 3 is 2.04 bits per heavy atom. The van der Waals surface area contributed by atoms with Crippen LogP contribution in [0.15, 0.2) is 18.2 Å². The summed E-state index contributed by atoms with van der Waals surface area (Å²) in [6.07, 6.45) is 13.4. The zero-order valence-corrected chi connectivity index (χ0v) is 19.1. The highest BCUT2D eigenvalue weighted by Crippen LogP contribution is 2.42. The fraction of sp³-hybridized carbons (Fsp3) is 0.692. The monoisotopic (exact) mass is 392 g/mol. The number of allylic oxidation sites excluding steroid dienone is 2. The second-order valence-electron chi connectivity index (χ2n) is 7.89. The zero-order valence-electron chi connectivity index (χ0n) is 19.1. The van der Waals surface area contributed by atoms with Crippen molar-refractivity contribution < 1.29 is 8.78 Å². The maximum atomic E-state index is 14.2. The lowest BCUT2D eigenvalue weighted by atomic mass is 9.70. The van der Waals surface area contributed by atoms with Gasteiger partial charge in [0, 0.05) is 5.56 Å². The summed E-state index contributed by atoms with van der Waals surface area (Å²) < 4.78 is 28.0. The topological polar surface area (TPSA) is 0 Å². The third-order valence-corrected chi connectivity index (χ3v) is 6.33. The van der Waals surface area contributed by atoms with Crippen LogP contribution in [0.2, 0.25) is 0 Å². The molecule has 0 N–H and O–H groups in total. The van der Waals surface area contributed by atoms with Gasteiger partial charge in [-0.2, -0.15) is 0 Å². The van der Waals surface area contributed by atoms with E-state index in [4.69, 9.17) is 0 Å². The van der Waals surface area contributed by atoms with E-state index in [2.05, 4.69) is 13.0 Å². The van der Waals surface area contributed by atoms with Gasteiger partial charge in [-0.25, -0.2) is 8.78 Å². The van der Waals surface area contributed by atoms with Crippen LogP contribution in [0.25, 0.3) is 5.57 Å². The second-order valence-corrected chi connectivity index (χ2v) is 7.89. The number of hydrogen-bond acceptors (Lipinski definition) is 0. The van der Waals surface area contributed by atoms with Crippen molar-refractivity contribution in [2.45, 2.75) is 99.3 Å². The second kappa shape index (κ2) is 13.1. The van der Waals surface area contributed by atoms with Gasteiger partial charge in [-0.1, -0.05) is 78.5 Å². The third kappa shape index (κ3) is 6.42. The van der Waals surface area contributed by atoms with Crippen molar-refractivity contribution >= 4 is 5.57 Å². The summed E-state index contributed by atoms with van der Waals surface area (Å²) in [7, 11) is 0. The average molecular weight is 393 g/mol. The fourth-order valence-corrected chi connectivity index (χ4v) is 4.78. The van der Waals surface area contributed by atoms with Gasteiger partial charge in [-0.05, 0) is 67.9 Å². The number of halogens is 2. The van der Waals surface area contributed by atoms with Gasteiger partial charge in [0.15, 0.2) is 11.6 Å². The van der Waals surface area contributed by atoms with Gasteiger partial charge in [0.2, 0.25) is 0 Å². The highest BCUT2D eigenvalue weighted by molar-refractivity contribution is 5.67. The summed E-state index contributed by atoms with van der Waals surface area (Å²) >= 11 is 0. The molecule has 0 saturated heterocycles. The molecule has 0 spiro atoms. The van der Waals surface area contributed by atoms with Gasteiger partial charge < -0.3 is 0 Å². The predicted molar refractivity (Wildman–Crippen MR) is 119 cm³/mol. The fourth-order valence-electron chi connectivity index (χ4n) is 4.78. The van der Waals surface area contributed by atoms with E-state index in [1.54, 1.807) is 19.1 Å². The van der Waals surface area contributed by atoms with Crippen molar-refractivity contribution in [2.24, 2.45) is 17.8 Å².